The summed E-state index contributed by atoms with van der Waals surface area (Å²) in [7, 11) is 1.77. The lowest BCUT2D eigenvalue weighted by Crippen LogP contribution is -2.26. The first kappa shape index (κ1) is 21.6. The van der Waals surface area contributed by atoms with E-state index in [1.807, 2.05) is 84.2 Å². The first-order valence-electron chi connectivity index (χ1n) is 10.7. The summed E-state index contributed by atoms with van der Waals surface area (Å²) in [5.74, 6) is -0.320. The SMILES string of the molecule is CN(C(=O)c1ccc(Cc2csc(NC(=O)c3coc4ccccc34)n2)cc1)c1ccccc1. The van der Waals surface area contributed by atoms with Crippen molar-refractivity contribution >= 4 is 44.9 Å². The minimum Gasteiger partial charge on any atom is -0.463 e. The molecule has 1 N–H and O–H groups in total. The molecule has 7 heteroatoms. The van der Waals surface area contributed by atoms with Crippen LogP contribution >= 0.6 is 11.3 Å². The number of fused-ring (bicyclic) bond motifs is 1. The Morgan fingerprint density at radius 3 is 2.50 bits per heavy atom. The van der Waals surface area contributed by atoms with E-state index in [1.54, 1.807) is 11.9 Å². The lowest BCUT2D eigenvalue weighted by atomic mass is 10.1. The Labute approximate surface area is 200 Å². The van der Waals surface area contributed by atoms with Crippen molar-refractivity contribution in [1.29, 1.82) is 0 Å². The van der Waals surface area contributed by atoms with E-state index in [1.165, 1.54) is 17.6 Å². The molecule has 3 aromatic carbocycles. The van der Waals surface area contributed by atoms with Crippen molar-refractivity contribution < 1.29 is 14.0 Å². The Bertz CT molecular complexity index is 1460. The molecule has 168 valence electrons. The van der Waals surface area contributed by atoms with Gasteiger partial charge in [0.15, 0.2) is 5.13 Å². The summed E-state index contributed by atoms with van der Waals surface area (Å²) in [4.78, 5) is 31.6. The standard InChI is InChI=1S/C27H21N3O3S/c1-30(21-7-3-2-4-8-21)26(32)19-13-11-18(12-14-19)15-20-17-34-27(28-20)29-25(31)23-16-33-24-10-6-5-9-22(23)24/h2-14,16-17H,15H2,1H3,(H,28,29,31). The topological polar surface area (TPSA) is 75.4 Å². The Morgan fingerprint density at radius 1 is 0.971 bits per heavy atom. The molecule has 0 radical (unpaired) electrons. The van der Waals surface area contributed by atoms with Crippen LogP contribution in [0.2, 0.25) is 0 Å². The van der Waals surface area contributed by atoms with E-state index in [4.69, 9.17) is 4.42 Å². The van der Waals surface area contributed by atoms with E-state index in [0.717, 1.165) is 22.3 Å². The molecule has 0 saturated heterocycles. The van der Waals surface area contributed by atoms with Gasteiger partial charge in [0.05, 0.1) is 11.3 Å². The van der Waals surface area contributed by atoms with Crippen molar-refractivity contribution in [2.75, 3.05) is 17.3 Å². The van der Waals surface area contributed by atoms with Crippen LogP contribution in [0, 0.1) is 0 Å². The number of thiazole rings is 1. The number of benzene rings is 3. The van der Waals surface area contributed by atoms with Gasteiger partial charge >= 0.3 is 0 Å². The van der Waals surface area contributed by atoms with Crippen LogP contribution in [0.15, 0.2) is 94.9 Å². The summed E-state index contributed by atoms with van der Waals surface area (Å²) >= 11 is 1.37. The smallest absolute Gasteiger partial charge is 0.261 e. The van der Waals surface area contributed by atoms with E-state index in [0.29, 0.717) is 28.3 Å². The Balaban J connectivity index is 1.23. The number of rotatable bonds is 6. The van der Waals surface area contributed by atoms with Crippen LogP contribution in [0.5, 0.6) is 0 Å². The van der Waals surface area contributed by atoms with Gasteiger partial charge in [-0.3, -0.25) is 14.9 Å². The van der Waals surface area contributed by atoms with Gasteiger partial charge in [-0.1, -0.05) is 48.5 Å². The summed E-state index contributed by atoms with van der Waals surface area (Å²) < 4.78 is 5.45. The lowest BCUT2D eigenvalue weighted by Gasteiger charge is -2.17. The quantitative estimate of drug-likeness (QED) is 0.332. The van der Waals surface area contributed by atoms with Crippen molar-refractivity contribution in [3.05, 3.63) is 113 Å². The lowest BCUT2D eigenvalue weighted by molar-refractivity contribution is 0.0991. The van der Waals surface area contributed by atoms with E-state index < -0.39 is 0 Å². The second-order valence-electron chi connectivity index (χ2n) is 7.82. The Hall–Kier alpha value is -4.23. The van der Waals surface area contributed by atoms with Crippen LogP contribution in [0.1, 0.15) is 32.0 Å². The highest BCUT2D eigenvalue weighted by Gasteiger charge is 2.16. The molecule has 0 bridgehead atoms. The van der Waals surface area contributed by atoms with Crippen LogP contribution in [0.4, 0.5) is 10.8 Å². The van der Waals surface area contributed by atoms with Crippen molar-refractivity contribution in [1.82, 2.24) is 4.98 Å². The molecule has 0 spiro atoms. The number of furan rings is 1. The highest BCUT2D eigenvalue weighted by Crippen LogP contribution is 2.24. The van der Waals surface area contributed by atoms with Gasteiger partial charge in [-0.2, -0.15) is 0 Å². The molecule has 34 heavy (non-hydrogen) atoms. The van der Waals surface area contributed by atoms with Gasteiger partial charge in [0.1, 0.15) is 11.8 Å². The molecular formula is C27H21N3O3S. The van der Waals surface area contributed by atoms with Gasteiger partial charge in [-0.15, -0.1) is 11.3 Å². The molecule has 0 aliphatic heterocycles. The molecule has 0 aliphatic carbocycles. The first-order chi connectivity index (χ1) is 16.6. The largest absolute Gasteiger partial charge is 0.463 e. The second-order valence-corrected chi connectivity index (χ2v) is 8.68. The number of anilines is 2. The predicted molar refractivity (Wildman–Crippen MR) is 135 cm³/mol. The monoisotopic (exact) mass is 467 g/mol. The summed E-state index contributed by atoms with van der Waals surface area (Å²) in [6.07, 6.45) is 2.07. The summed E-state index contributed by atoms with van der Waals surface area (Å²) in [6.45, 7) is 0. The number of para-hydroxylation sites is 2. The number of aromatic nitrogens is 1. The Kier molecular flexibility index (Phi) is 5.93. The maximum atomic E-state index is 12.8. The van der Waals surface area contributed by atoms with E-state index in [2.05, 4.69) is 10.3 Å². The van der Waals surface area contributed by atoms with Gasteiger partial charge in [0, 0.05) is 35.5 Å². The fourth-order valence-electron chi connectivity index (χ4n) is 3.70. The van der Waals surface area contributed by atoms with Crippen molar-refractivity contribution in [3.63, 3.8) is 0 Å². The summed E-state index contributed by atoms with van der Waals surface area (Å²) in [6, 6.07) is 24.5. The zero-order chi connectivity index (χ0) is 23.5. The molecular weight excluding hydrogens is 446 g/mol. The number of hydrogen-bond donors (Lipinski definition) is 1. The molecule has 2 aromatic heterocycles. The minimum absolute atomic E-state index is 0.0665. The van der Waals surface area contributed by atoms with Crippen molar-refractivity contribution in [2.24, 2.45) is 0 Å². The van der Waals surface area contributed by atoms with Crippen molar-refractivity contribution in [2.45, 2.75) is 6.42 Å². The third kappa shape index (κ3) is 4.46. The van der Waals surface area contributed by atoms with E-state index >= 15 is 0 Å². The van der Waals surface area contributed by atoms with Crippen LogP contribution < -0.4 is 10.2 Å². The van der Waals surface area contributed by atoms with Crippen LogP contribution in [0.25, 0.3) is 11.0 Å². The number of nitrogens with one attached hydrogen (secondary N) is 1. The third-order valence-corrected chi connectivity index (χ3v) is 6.34. The number of carbonyl (C=O) groups is 2. The molecule has 2 amide bonds. The highest BCUT2D eigenvalue weighted by atomic mass is 32.1. The molecule has 0 saturated carbocycles. The van der Waals surface area contributed by atoms with Crippen LogP contribution in [0.3, 0.4) is 0 Å². The molecule has 0 aliphatic rings. The molecule has 5 rings (SSSR count). The highest BCUT2D eigenvalue weighted by molar-refractivity contribution is 7.14. The average molecular weight is 468 g/mol. The molecule has 0 fully saturated rings. The number of amides is 2. The number of carbonyl (C=O) groups excluding carboxylic acids is 2. The van der Waals surface area contributed by atoms with Crippen LogP contribution in [-0.4, -0.2) is 23.8 Å². The Morgan fingerprint density at radius 2 is 1.71 bits per heavy atom. The molecule has 2 heterocycles. The maximum absolute atomic E-state index is 12.8. The van der Waals surface area contributed by atoms with Gasteiger partial charge in [0.25, 0.3) is 11.8 Å². The zero-order valence-corrected chi connectivity index (χ0v) is 19.2. The van der Waals surface area contributed by atoms with Crippen molar-refractivity contribution in [3.8, 4) is 0 Å². The van der Waals surface area contributed by atoms with Crippen LogP contribution in [-0.2, 0) is 6.42 Å². The van der Waals surface area contributed by atoms with E-state index in [-0.39, 0.29) is 11.8 Å². The average Bonchev–Trinajstić information content (AvgIpc) is 3.51. The first-order valence-corrected chi connectivity index (χ1v) is 11.6. The number of hydrogen-bond acceptors (Lipinski definition) is 5. The number of nitrogens with zero attached hydrogens (tertiary/aromatic N) is 2. The summed E-state index contributed by atoms with van der Waals surface area (Å²) in [5.41, 5.74) is 4.49. The van der Waals surface area contributed by atoms with Gasteiger partial charge in [-0.05, 0) is 35.9 Å². The third-order valence-electron chi connectivity index (χ3n) is 5.53. The van der Waals surface area contributed by atoms with E-state index in [9.17, 15) is 9.59 Å². The zero-order valence-electron chi connectivity index (χ0n) is 18.4. The van der Waals surface area contributed by atoms with Gasteiger partial charge in [0.2, 0.25) is 0 Å². The molecule has 6 nitrogen and oxygen atoms in total. The van der Waals surface area contributed by atoms with Gasteiger partial charge < -0.3 is 9.32 Å². The fraction of sp³-hybridized carbons (Fsp3) is 0.0741. The second kappa shape index (κ2) is 9.33. The molecule has 0 unspecified atom stereocenters. The minimum atomic E-state index is -0.253. The maximum Gasteiger partial charge on any atom is 0.261 e. The summed E-state index contributed by atoms with van der Waals surface area (Å²) in [5, 5.41) is 6.07. The molecule has 5 aromatic rings. The van der Waals surface area contributed by atoms with Gasteiger partial charge in [-0.25, -0.2) is 4.98 Å². The molecule has 0 atom stereocenters. The predicted octanol–water partition coefficient (Wildman–Crippen LogP) is 6.01. The normalized spacial score (nSPS) is 10.9. The fourth-order valence-corrected chi connectivity index (χ4v) is 4.41.